The molecule has 0 spiro atoms. The third kappa shape index (κ3) is 2.90. The van der Waals surface area contributed by atoms with E-state index >= 15 is 0 Å². The van der Waals surface area contributed by atoms with Gasteiger partial charge in [0.05, 0.1) is 6.10 Å². The zero-order valence-corrected chi connectivity index (χ0v) is 13.3. The molecule has 2 N–H and O–H groups in total. The molecule has 3 heteroatoms. The molecule has 3 fully saturated rings. The molecule has 3 aliphatic rings. The molecule has 1 saturated heterocycles. The Kier molecular flexibility index (Phi) is 4.40. The van der Waals surface area contributed by atoms with Crippen LogP contribution < -0.4 is 5.32 Å². The van der Waals surface area contributed by atoms with Gasteiger partial charge in [0.15, 0.2) is 0 Å². The van der Waals surface area contributed by atoms with E-state index in [-0.39, 0.29) is 6.10 Å². The first-order chi connectivity index (χ1) is 9.62. The fraction of sp³-hybridized carbons (Fsp3) is 1.00. The summed E-state index contributed by atoms with van der Waals surface area (Å²) in [6.45, 7) is 7.20. The third-order valence-corrected chi connectivity index (χ3v) is 6.34. The average molecular weight is 280 g/mol. The van der Waals surface area contributed by atoms with Crippen molar-refractivity contribution in [1.82, 2.24) is 10.2 Å². The Morgan fingerprint density at radius 3 is 2.55 bits per heavy atom. The van der Waals surface area contributed by atoms with Gasteiger partial charge in [-0.2, -0.15) is 0 Å². The SMILES string of the molecule is CNCC1(CN2CC3CCC(O)C3C2)CCC(C)CC1. The second-order valence-electron chi connectivity index (χ2n) is 7.98. The Labute approximate surface area is 124 Å². The first-order valence-corrected chi connectivity index (χ1v) is 8.67. The molecule has 0 aromatic rings. The minimum atomic E-state index is -0.0170. The molecule has 3 unspecified atom stereocenters. The molecule has 0 radical (unpaired) electrons. The van der Waals surface area contributed by atoms with Crippen molar-refractivity contribution in [3.63, 3.8) is 0 Å². The molecule has 0 amide bonds. The van der Waals surface area contributed by atoms with Gasteiger partial charge in [0.2, 0.25) is 0 Å². The Balaban J connectivity index is 1.60. The van der Waals surface area contributed by atoms with Crippen molar-refractivity contribution in [3.05, 3.63) is 0 Å². The topological polar surface area (TPSA) is 35.5 Å². The summed E-state index contributed by atoms with van der Waals surface area (Å²) in [7, 11) is 2.10. The van der Waals surface area contributed by atoms with Gasteiger partial charge in [0.25, 0.3) is 0 Å². The smallest absolute Gasteiger partial charge is 0.0583 e. The summed E-state index contributed by atoms with van der Waals surface area (Å²) >= 11 is 0. The van der Waals surface area contributed by atoms with Crippen molar-refractivity contribution in [2.75, 3.05) is 33.2 Å². The fourth-order valence-corrected chi connectivity index (χ4v) is 5.07. The molecule has 2 saturated carbocycles. The minimum absolute atomic E-state index is 0.0170. The highest BCUT2D eigenvalue weighted by atomic mass is 16.3. The number of aliphatic hydroxyl groups is 1. The van der Waals surface area contributed by atoms with Crippen LogP contribution in [0.2, 0.25) is 0 Å². The lowest BCUT2D eigenvalue weighted by Gasteiger charge is -2.42. The highest BCUT2D eigenvalue weighted by molar-refractivity contribution is 4.97. The van der Waals surface area contributed by atoms with Crippen molar-refractivity contribution < 1.29 is 5.11 Å². The van der Waals surface area contributed by atoms with Crippen LogP contribution in [0.15, 0.2) is 0 Å². The number of rotatable bonds is 4. The normalized spacial score (nSPS) is 45.8. The van der Waals surface area contributed by atoms with Crippen LogP contribution in [0.25, 0.3) is 0 Å². The van der Waals surface area contributed by atoms with Gasteiger partial charge in [-0.3, -0.25) is 0 Å². The lowest BCUT2D eigenvalue weighted by molar-refractivity contribution is 0.0841. The van der Waals surface area contributed by atoms with Crippen molar-refractivity contribution in [3.8, 4) is 0 Å². The van der Waals surface area contributed by atoms with E-state index in [9.17, 15) is 5.11 Å². The molecular weight excluding hydrogens is 248 g/mol. The van der Waals surface area contributed by atoms with Crippen LogP contribution in [0.3, 0.4) is 0 Å². The fourth-order valence-electron chi connectivity index (χ4n) is 5.07. The molecule has 1 heterocycles. The first-order valence-electron chi connectivity index (χ1n) is 8.67. The summed E-state index contributed by atoms with van der Waals surface area (Å²) in [5, 5.41) is 13.5. The van der Waals surface area contributed by atoms with Crippen LogP contribution in [-0.2, 0) is 0 Å². The third-order valence-electron chi connectivity index (χ3n) is 6.34. The largest absolute Gasteiger partial charge is 0.393 e. The van der Waals surface area contributed by atoms with E-state index in [1.807, 2.05) is 0 Å². The molecule has 0 aromatic carbocycles. The second-order valence-corrected chi connectivity index (χ2v) is 7.98. The van der Waals surface area contributed by atoms with Gasteiger partial charge in [-0.15, -0.1) is 0 Å². The molecule has 3 nitrogen and oxygen atoms in total. The number of aliphatic hydroxyl groups excluding tert-OH is 1. The maximum Gasteiger partial charge on any atom is 0.0583 e. The maximum absolute atomic E-state index is 10.1. The first kappa shape index (κ1) is 14.8. The molecule has 2 aliphatic carbocycles. The summed E-state index contributed by atoms with van der Waals surface area (Å²) in [4.78, 5) is 2.67. The summed E-state index contributed by atoms with van der Waals surface area (Å²) in [6, 6.07) is 0. The summed E-state index contributed by atoms with van der Waals surface area (Å²) in [6.07, 6.45) is 7.82. The van der Waals surface area contributed by atoms with E-state index in [1.54, 1.807) is 0 Å². The molecule has 1 aliphatic heterocycles. The predicted octanol–water partition coefficient (Wildman–Crippen LogP) is 2.10. The van der Waals surface area contributed by atoms with Crippen molar-refractivity contribution >= 4 is 0 Å². The zero-order chi connectivity index (χ0) is 14.2. The Morgan fingerprint density at radius 2 is 1.90 bits per heavy atom. The molecule has 0 bridgehead atoms. The van der Waals surface area contributed by atoms with Crippen LogP contribution in [0.1, 0.15) is 45.4 Å². The van der Waals surface area contributed by atoms with Gasteiger partial charge >= 0.3 is 0 Å². The van der Waals surface area contributed by atoms with E-state index in [4.69, 9.17) is 0 Å². The number of nitrogens with one attached hydrogen (secondary N) is 1. The summed E-state index contributed by atoms with van der Waals surface area (Å²) < 4.78 is 0. The second kappa shape index (κ2) is 5.94. The molecule has 3 atom stereocenters. The molecule has 116 valence electrons. The quantitative estimate of drug-likeness (QED) is 0.828. The Hall–Kier alpha value is -0.120. The lowest BCUT2D eigenvalue weighted by Crippen LogP contribution is -2.45. The van der Waals surface area contributed by atoms with Gasteiger partial charge in [0.1, 0.15) is 0 Å². The van der Waals surface area contributed by atoms with Crippen LogP contribution in [0.4, 0.5) is 0 Å². The lowest BCUT2D eigenvalue weighted by atomic mass is 9.70. The monoisotopic (exact) mass is 280 g/mol. The van der Waals surface area contributed by atoms with E-state index in [1.165, 1.54) is 45.2 Å². The molecule has 3 rings (SSSR count). The van der Waals surface area contributed by atoms with Gasteiger partial charge in [-0.25, -0.2) is 0 Å². The number of likely N-dealkylation sites (tertiary alicyclic amines) is 1. The minimum Gasteiger partial charge on any atom is -0.393 e. The standard InChI is InChI=1S/C17H32N2O/c1-13-5-7-17(8-6-13,11-18-2)12-19-9-14-3-4-16(20)15(14)10-19/h13-16,18,20H,3-12H2,1-2H3. The molecular formula is C17H32N2O. The average Bonchev–Trinajstić information content (AvgIpc) is 2.96. The van der Waals surface area contributed by atoms with E-state index < -0.39 is 0 Å². The van der Waals surface area contributed by atoms with E-state index in [0.29, 0.717) is 11.3 Å². The highest BCUT2D eigenvalue weighted by Gasteiger charge is 2.44. The van der Waals surface area contributed by atoms with Gasteiger partial charge < -0.3 is 15.3 Å². The maximum atomic E-state index is 10.1. The van der Waals surface area contributed by atoms with Crippen LogP contribution in [-0.4, -0.2) is 49.3 Å². The van der Waals surface area contributed by atoms with E-state index in [0.717, 1.165) is 31.3 Å². The Bertz CT molecular complexity index is 325. The summed E-state index contributed by atoms with van der Waals surface area (Å²) in [5.74, 6) is 2.27. The number of nitrogens with zero attached hydrogens (tertiary/aromatic N) is 1. The Morgan fingerprint density at radius 1 is 1.15 bits per heavy atom. The van der Waals surface area contributed by atoms with Crippen LogP contribution >= 0.6 is 0 Å². The van der Waals surface area contributed by atoms with Crippen molar-refractivity contribution in [2.45, 2.75) is 51.6 Å². The number of hydrogen-bond acceptors (Lipinski definition) is 3. The van der Waals surface area contributed by atoms with Crippen LogP contribution in [0.5, 0.6) is 0 Å². The van der Waals surface area contributed by atoms with Gasteiger partial charge in [-0.05, 0) is 50.0 Å². The predicted molar refractivity (Wildman–Crippen MR) is 82.7 cm³/mol. The van der Waals surface area contributed by atoms with E-state index in [2.05, 4.69) is 24.2 Å². The van der Waals surface area contributed by atoms with Crippen molar-refractivity contribution in [2.24, 2.45) is 23.2 Å². The number of fused-ring (bicyclic) bond motifs is 1. The van der Waals surface area contributed by atoms with Crippen LogP contribution in [0, 0.1) is 23.2 Å². The highest BCUT2D eigenvalue weighted by Crippen LogP contribution is 2.43. The summed E-state index contributed by atoms with van der Waals surface area (Å²) in [5.41, 5.74) is 0.491. The van der Waals surface area contributed by atoms with Crippen molar-refractivity contribution in [1.29, 1.82) is 0 Å². The zero-order valence-electron chi connectivity index (χ0n) is 13.3. The van der Waals surface area contributed by atoms with Gasteiger partial charge in [-0.1, -0.05) is 19.8 Å². The molecule has 0 aromatic heterocycles. The van der Waals surface area contributed by atoms with Gasteiger partial charge in [0, 0.05) is 32.1 Å². The molecule has 20 heavy (non-hydrogen) atoms. The number of hydrogen-bond donors (Lipinski definition) is 2.